The molecule has 0 bridgehead atoms. The van der Waals surface area contributed by atoms with Crippen molar-refractivity contribution in [3.8, 4) is 11.4 Å². The molecule has 1 aliphatic rings. The zero-order valence-electron chi connectivity index (χ0n) is 16.0. The third-order valence-corrected chi connectivity index (χ3v) is 5.51. The fourth-order valence-corrected chi connectivity index (χ4v) is 3.87. The quantitative estimate of drug-likeness (QED) is 0.738. The van der Waals surface area contributed by atoms with Crippen LogP contribution in [0, 0.1) is 5.92 Å². The predicted molar refractivity (Wildman–Crippen MR) is 105 cm³/mol. The van der Waals surface area contributed by atoms with Gasteiger partial charge in [-0.3, -0.25) is 4.79 Å². The normalized spacial score (nSPS) is 16.3. The van der Waals surface area contributed by atoms with Crippen LogP contribution in [0.2, 0.25) is 0 Å². The number of aromatic nitrogens is 4. The van der Waals surface area contributed by atoms with E-state index < -0.39 is 6.10 Å². The monoisotopic (exact) mass is 379 g/mol. The Bertz CT molecular complexity index is 925. The summed E-state index contributed by atoms with van der Waals surface area (Å²) in [5, 5.41) is 10.6. The second-order valence-corrected chi connectivity index (χ2v) is 7.30. The number of hydrogen-bond donors (Lipinski definition) is 1. The van der Waals surface area contributed by atoms with Crippen molar-refractivity contribution in [3.63, 3.8) is 0 Å². The van der Waals surface area contributed by atoms with Gasteiger partial charge in [0.05, 0.1) is 0 Å². The molecule has 0 aliphatic carbocycles. The Balaban J connectivity index is 1.37. The van der Waals surface area contributed by atoms with Crippen molar-refractivity contribution >= 4 is 5.91 Å². The fourth-order valence-electron chi connectivity index (χ4n) is 3.87. The zero-order valence-corrected chi connectivity index (χ0v) is 16.0. The lowest BCUT2D eigenvalue weighted by atomic mass is 9.90. The molecule has 1 atom stereocenters. The molecule has 0 unspecified atom stereocenters. The van der Waals surface area contributed by atoms with Crippen LogP contribution in [-0.4, -0.2) is 48.1 Å². The van der Waals surface area contributed by atoms with E-state index in [0.29, 0.717) is 18.9 Å². The second kappa shape index (κ2) is 7.98. The molecule has 28 heavy (non-hydrogen) atoms. The number of piperidine rings is 1. The van der Waals surface area contributed by atoms with Crippen molar-refractivity contribution in [3.05, 3.63) is 60.9 Å². The highest BCUT2D eigenvalue weighted by Gasteiger charge is 2.30. The molecule has 1 fully saturated rings. The first-order valence-corrected chi connectivity index (χ1v) is 9.63. The van der Waals surface area contributed by atoms with Gasteiger partial charge in [0.1, 0.15) is 24.3 Å². The number of imidazole rings is 2. The predicted octanol–water partition coefficient (Wildman–Crippen LogP) is 2.26. The number of carbonyl (C=O) groups excluding carboxylic acids is 1. The van der Waals surface area contributed by atoms with E-state index in [9.17, 15) is 9.90 Å². The highest BCUT2D eigenvalue weighted by atomic mass is 16.3. The largest absolute Gasteiger partial charge is 0.385 e. The zero-order chi connectivity index (χ0) is 19.5. The molecule has 1 aliphatic heterocycles. The molecular weight excluding hydrogens is 354 g/mol. The van der Waals surface area contributed by atoms with Crippen LogP contribution in [-0.2, 0) is 18.4 Å². The Morgan fingerprint density at radius 2 is 1.86 bits per heavy atom. The number of nitrogens with zero attached hydrogens (tertiary/aromatic N) is 5. The third kappa shape index (κ3) is 3.71. The summed E-state index contributed by atoms with van der Waals surface area (Å²) in [4.78, 5) is 23.4. The van der Waals surface area contributed by atoms with Crippen LogP contribution in [0.1, 0.15) is 24.8 Å². The molecule has 7 nitrogen and oxygen atoms in total. The second-order valence-electron chi connectivity index (χ2n) is 7.30. The van der Waals surface area contributed by atoms with E-state index >= 15 is 0 Å². The van der Waals surface area contributed by atoms with Gasteiger partial charge in [0.25, 0.3) is 0 Å². The van der Waals surface area contributed by atoms with Gasteiger partial charge >= 0.3 is 0 Å². The van der Waals surface area contributed by atoms with E-state index in [-0.39, 0.29) is 18.4 Å². The summed E-state index contributed by atoms with van der Waals surface area (Å²) in [6.07, 6.45) is 8.07. The van der Waals surface area contributed by atoms with Gasteiger partial charge in [0, 0.05) is 50.5 Å². The van der Waals surface area contributed by atoms with Gasteiger partial charge in [-0.25, -0.2) is 9.97 Å². The number of hydrogen-bond acceptors (Lipinski definition) is 4. The number of rotatable bonds is 5. The molecule has 1 saturated heterocycles. The maximum absolute atomic E-state index is 12.8. The fraction of sp³-hybridized carbons (Fsp3) is 0.381. The molecule has 0 radical (unpaired) electrons. The first kappa shape index (κ1) is 18.4. The summed E-state index contributed by atoms with van der Waals surface area (Å²) in [6.45, 7) is 1.58. The SMILES string of the molecule is Cn1ccnc1[C@H](O)C1CCN(C(=O)Cn2ccnc2-c2ccccc2)CC1. The van der Waals surface area contributed by atoms with Crippen LogP contribution in [0.3, 0.4) is 0 Å². The molecule has 3 aromatic rings. The van der Waals surface area contributed by atoms with Gasteiger partial charge in [-0.05, 0) is 18.8 Å². The third-order valence-electron chi connectivity index (χ3n) is 5.51. The van der Waals surface area contributed by atoms with E-state index in [1.54, 1.807) is 12.4 Å². The van der Waals surface area contributed by atoms with E-state index in [1.165, 1.54) is 0 Å². The van der Waals surface area contributed by atoms with E-state index in [2.05, 4.69) is 9.97 Å². The first-order chi connectivity index (χ1) is 13.6. The minimum Gasteiger partial charge on any atom is -0.385 e. The number of amides is 1. The van der Waals surface area contributed by atoms with Crippen LogP contribution in [0.4, 0.5) is 0 Å². The number of carbonyl (C=O) groups is 1. The summed E-state index contributed by atoms with van der Waals surface area (Å²) in [5.74, 6) is 1.70. The maximum atomic E-state index is 12.8. The molecular formula is C21H25N5O2. The van der Waals surface area contributed by atoms with Gasteiger partial charge in [-0.2, -0.15) is 0 Å². The van der Waals surface area contributed by atoms with Gasteiger partial charge in [-0.1, -0.05) is 30.3 Å². The topological polar surface area (TPSA) is 76.2 Å². The lowest BCUT2D eigenvalue weighted by Crippen LogP contribution is -2.41. The van der Waals surface area contributed by atoms with Crippen molar-refractivity contribution in [2.75, 3.05) is 13.1 Å². The van der Waals surface area contributed by atoms with E-state index in [1.807, 2.05) is 63.8 Å². The molecule has 0 spiro atoms. The average molecular weight is 379 g/mol. The number of aliphatic hydroxyl groups is 1. The van der Waals surface area contributed by atoms with Crippen molar-refractivity contribution in [1.29, 1.82) is 0 Å². The van der Waals surface area contributed by atoms with Crippen LogP contribution < -0.4 is 0 Å². The maximum Gasteiger partial charge on any atom is 0.242 e. The molecule has 146 valence electrons. The lowest BCUT2D eigenvalue weighted by molar-refractivity contribution is -0.133. The minimum absolute atomic E-state index is 0.0834. The highest BCUT2D eigenvalue weighted by molar-refractivity contribution is 5.76. The molecule has 0 saturated carbocycles. The summed E-state index contributed by atoms with van der Waals surface area (Å²) < 4.78 is 3.75. The Kier molecular flexibility index (Phi) is 5.25. The van der Waals surface area contributed by atoms with Crippen molar-refractivity contribution in [1.82, 2.24) is 24.0 Å². The van der Waals surface area contributed by atoms with Gasteiger partial charge in [-0.15, -0.1) is 0 Å². The van der Waals surface area contributed by atoms with Crippen LogP contribution in [0.25, 0.3) is 11.4 Å². The summed E-state index contributed by atoms with van der Waals surface area (Å²) in [5.41, 5.74) is 0.997. The van der Waals surface area contributed by atoms with Gasteiger partial charge in [0.15, 0.2) is 0 Å². The van der Waals surface area contributed by atoms with Crippen molar-refractivity contribution < 1.29 is 9.90 Å². The highest BCUT2D eigenvalue weighted by Crippen LogP contribution is 2.30. The van der Waals surface area contributed by atoms with Crippen LogP contribution >= 0.6 is 0 Å². The molecule has 3 heterocycles. The lowest BCUT2D eigenvalue weighted by Gasteiger charge is -2.34. The number of likely N-dealkylation sites (tertiary alicyclic amines) is 1. The number of aryl methyl sites for hydroxylation is 1. The molecule has 1 amide bonds. The Labute approximate surface area is 164 Å². The van der Waals surface area contributed by atoms with Gasteiger partial charge < -0.3 is 19.1 Å². The molecule has 2 aromatic heterocycles. The van der Waals surface area contributed by atoms with Crippen molar-refractivity contribution in [2.45, 2.75) is 25.5 Å². The first-order valence-electron chi connectivity index (χ1n) is 9.63. The molecule has 1 aromatic carbocycles. The van der Waals surface area contributed by atoms with Crippen LogP contribution in [0.5, 0.6) is 0 Å². The Morgan fingerprint density at radius 3 is 2.54 bits per heavy atom. The van der Waals surface area contributed by atoms with Crippen LogP contribution in [0.15, 0.2) is 55.1 Å². The standard InChI is InChI=1S/C21H25N5O2/c1-24-13-9-23-21(24)19(28)16-7-11-25(12-8-16)18(27)15-26-14-10-22-20(26)17-5-3-2-4-6-17/h2-6,9-10,13-14,16,19,28H,7-8,11-12,15H2,1H3/t19-/m1/s1. The average Bonchev–Trinajstić information content (AvgIpc) is 3.37. The Morgan fingerprint density at radius 1 is 1.14 bits per heavy atom. The summed E-state index contributed by atoms with van der Waals surface area (Å²) >= 11 is 0. The van der Waals surface area contributed by atoms with Gasteiger partial charge in [0.2, 0.25) is 5.91 Å². The van der Waals surface area contributed by atoms with Crippen molar-refractivity contribution in [2.24, 2.45) is 13.0 Å². The molecule has 7 heteroatoms. The molecule has 4 rings (SSSR count). The smallest absolute Gasteiger partial charge is 0.242 e. The summed E-state index contributed by atoms with van der Waals surface area (Å²) in [6, 6.07) is 9.88. The minimum atomic E-state index is -0.587. The van der Waals surface area contributed by atoms with E-state index in [4.69, 9.17) is 0 Å². The number of benzene rings is 1. The summed E-state index contributed by atoms with van der Waals surface area (Å²) in [7, 11) is 1.89. The Hall–Kier alpha value is -2.93. The van der Waals surface area contributed by atoms with E-state index in [0.717, 1.165) is 24.2 Å². The number of aliphatic hydroxyl groups excluding tert-OH is 1. The molecule has 1 N–H and O–H groups in total.